The highest BCUT2D eigenvalue weighted by Gasteiger charge is 2.72. The van der Waals surface area contributed by atoms with Gasteiger partial charge in [-0.05, 0) is 94.3 Å². The zero-order chi connectivity index (χ0) is 33.5. The standard InChI is InChI=1S/C36H60O9/c1-19(2)10-9-13-35(7,45-31-30(43)29(42)28(41)22(18-37)44-31)20-11-15-34(6)27(20)21(38)16-24-33(5)14-12-25(39)32(3,4)23(33)17-26(40)36(24,34)8/h10,17,20-22,24-31,37-43H,9,11-16,18H2,1-8H3/t20-,21+,22+,24+,25-,26-,27-,28+,29-,30+,31-,33-,34+,35?,36-/m0/s1. The van der Waals surface area contributed by atoms with E-state index in [0.29, 0.717) is 25.7 Å². The van der Waals surface area contributed by atoms with Gasteiger partial charge in [-0.15, -0.1) is 0 Å². The molecule has 0 aromatic rings. The molecule has 0 spiro atoms. The molecule has 7 N–H and O–H groups in total. The van der Waals surface area contributed by atoms with Crippen LogP contribution < -0.4 is 0 Å². The number of ether oxygens (including phenoxy) is 2. The van der Waals surface area contributed by atoms with Gasteiger partial charge in [-0.1, -0.05) is 57.9 Å². The molecule has 0 aromatic heterocycles. The summed E-state index contributed by atoms with van der Waals surface area (Å²) in [4.78, 5) is 0. The van der Waals surface area contributed by atoms with Crippen molar-refractivity contribution in [2.75, 3.05) is 6.61 Å². The first-order chi connectivity index (χ1) is 20.8. The second-order valence-electron chi connectivity index (χ2n) is 16.9. The molecule has 9 heteroatoms. The van der Waals surface area contributed by atoms with Gasteiger partial charge >= 0.3 is 0 Å². The minimum atomic E-state index is -1.55. The van der Waals surface area contributed by atoms with Crippen molar-refractivity contribution >= 4 is 0 Å². The highest BCUT2D eigenvalue weighted by molar-refractivity contribution is 5.36. The molecule has 0 amide bonds. The number of aliphatic hydroxyl groups is 7. The normalized spacial score (nSPS) is 50.5. The van der Waals surface area contributed by atoms with Gasteiger partial charge in [0.2, 0.25) is 0 Å². The van der Waals surface area contributed by atoms with E-state index in [0.717, 1.165) is 30.4 Å². The first-order valence-electron chi connectivity index (χ1n) is 17.2. The maximum absolute atomic E-state index is 12.2. The van der Waals surface area contributed by atoms with Crippen molar-refractivity contribution in [2.45, 2.75) is 155 Å². The lowest BCUT2D eigenvalue weighted by atomic mass is 9.37. The molecule has 0 radical (unpaired) electrons. The van der Waals surface area contributed by atoms with Crippen molar-refractivity contribution in [3.8, 4) is 0 Å². The lowest BCUT2D eigenvalue weighted by molar-refractivity contribution is -0.336. The third-order valence-electron chi connectivity index (χ3n) is 14.0. The van der Waals surface area contributed by atoms with Crippen LogP contribution in [0, 0.1) is 39.4 Å². The zero-order valence-electron chi connectivity index (χ0n) is 28.6. The highest BCUT2D eigenvalue weighted by atomic mass is 16.7. The van der Waals surface area contributed by atoms with Crippen molar-refractivity contribution in [3.05, 3.63) is 23.3 Å². The second-order valence-corrected chi connectivity index (χ2v) is 16.9. The van der Waals surface area contributed by atoms with Crippen LogP contribution in [-0.4, -0.2) is 97.0 Å². The summed E-state index contributed by atoms with van der Waals surface area (Å²) in [5.74, 6) is -0.385. The second kappa shape index (κ2) is 11.9. The Hall–Kier alpha value is -0.880. The minimum Gasteiger partial charge on any atom is -0.394 e. The molecule has 4 aliphatic carbocycles. The number of hydrogen-bond donors (Lipinski definition) is 7. The van der Waals surface area contributed by atoms with E-state index in [9.17, 15) is 35.7 Å². The summed E-state index contributed by atoms with van der Waals surface area (Å²) in [5.41, 5.74) is -0.398. The molecule has 3 saturated carbocycles. The molecule has 258 valence electrons. The predicted octanol–water partition coefficient (Wildman–Crippen LogP) is 3.22. The fourth-order valence-corrected chi connectivity index (χ4v) is 11.1. The Bertz CT molecular complexity index is 1160. The smallest absolute Gasteiger partial charge is 0.187 e. The van der Waals surface area contributed by atoms with Gasteiger partial charge in [0.15, 0.2) is 6.29 Å². The van der Waals surface area contributed by atoms with Gasteiger partial charge in [0.25, 0.3) is 0 Å². The average molecular weight is 637 g/mol. The largest absolute Gasteiger partial charge is 0.394 e. The summed E-state index contributed by atoms with van der Waals surface area (Å²) in [7, 11) is 0. The summed E-state index contributed by atoms with van der Waals surface area (Å²) in [6, 6.07) is 0. The average Bonchev–Trinajstić information content (AvgIpc) is 3.35. The molecule has 0 aromatic carbocycles. The maximum atomic E-state index is 12.2. The summed E-state index contributed by atoms with van der Waals surface area (Å²) in [5, 5.41) is 77.0. The van der Waals surface area contributed by atoms with Gasteiger partial charge in [0.1, 0.15) is 24.4 Å². The first-order valence-corrected chi connectivity index (χ1v) is 17.2. The van der Waals surface area contributed by atoms with Crippen molar-refractivity contribution in [1.82, 2.24) is 0 Å². The van der Waals surface area contributed by atoms with E-state index in [2.05, 4.69) is 40.7 Å². The number of hydrogen-bond acceptors (Lipinski definition) is 9. The van der Waals surface area contributed by atoms with E-state index in [1.807, 2.05) is 26.8 Å². The molecule has 9 nitrogen and oxygen atoms in total. The Labute approximate surface area is 269 Å². The van der Waals surface area contributed by atoms with Crippen LogP contribution in [0.3, 0.4) is 0 Å². The van der Waals surface area contributed by atoms with Crippen molar-refractivity contribution in [1.29, 1.82) is 0 Å². The number of aliphatic hydroxyl groups excluding tert-OH is 7. The lowest BCUT2D eigenvalue weighted by Crippen LogP contribution is -2.68. The van der Waals surface area contributed by atoms with E-state index in [1.165, 1.54) is 0 Å². The van der Waals surface area contributed by atoms with Crippen LogP contribution >= 0.6 is 0 Å². The van der Waals surface area contributed by atoms with Gasteiger partial charge in [0.05, 0.1) is 30.5 Å². The Balaban J connectivity index is 1.54. The van der Waals surface area contributed by atoms with Crippen molar-refractivity contribution in [3.63, 3.8) is 0 Å². The first kappa shape index (κ1) is 35.4. The topological polar surface area (TPSA) is 160 Å². The van der Waals surface area contributed by atoms with Gasteiger partial charge < -0.3 is 45.2 Å². The van der Waals surface area contributed by atoms with Crippen LogP contribution in [0.4, 0.5) is 0 Å². The van der Waals surface area contributed by atoms with E-state index in [4.69, 9.17) is 9.47 Å². The Morgan fingerprint density at radius 3 is 2.27 bits per heavy atom. The molecule has 1 aliphatic heterocycles. The fourth-order valence-electron chi connectivity index (χ4n) is 11.1. The molecular weight excluding hydrogens is 576 g/mol. The maximum Gasteiger partial charge on any atom is 0.187 e. The van der Waals surface area contributed by atoms with E-state index in [1.54, 1.807) is 0 Å². The third-order valence-corrected chi connectivity index (χ3v) is 14.0. The number of allylic oxidation sites excluding steroid dienone is 2. The number of rotatable bonds is 7. The summed E-state index contributed by atoms with van der Waals surface area (Å²) in [6.07, 6.45) is 0.100. The molecule has 45 heavy (non-hydrogen) atoms. The molecule has 1 heterocycles. The van der Waals surface area contributed by atoms with Crippen LogP contribution in [0.25, 0.3) is 0 Å². The van der Waals surface area contributed by atoms with Crippen LogP contribution in [0.2, 0.25) is 0 Å². The SMILES string of the molecule is CC(C)=CCCC(C)(O[C@@H]1O[C@H](CO)[C@@H](O)[C@H](O)[C@H]1O)[C@H]1CC[C@]2(C)[C@@H]1[C@H](O)C[C@H]1[C@@]2(C)[C@@H](O)C=C2C(C)(C)[C@@H](O)CC[C@@]21C. The Morgan fingerprint density at radius 1 is 0.978 bits per heavy atom. The van der Waals surface area contributed by atoms with E-state index >= 15 is 0 Å². The zero-order valence-corrected chi connectivity index (χ0v) is 28.6. The molecule has 5 rings (SSSR count). The van der Waals surface area contributed by atoms with Crippen molar-refractivity contribution < 1.29 is 45.2 Å². The fraction of sp³-hybridized carbons (Fsp3) is 0.889. The molecule has 0 bridgehead atoms. The summed E-state index contributed by atoms with van der Waals surface area (Å²) < 4.78 is 12.5. The van der Waals surface area contributed by atoms with E-state index in [-0.39, 0.29) is 23.2 Å². The van der Waals surface area contributed by atoms with Gasteiger partial charge in [-0.3, -0.25) is 0 Å². The molecule has 1 unspecified atom stereocenters. The lowest BCUT2D eigenvalue weighted by Gasteiger charge is -2.69. The minimum absolute atomic E-state index is 0.00470. The molecule has 5 aliphatic rings. The predicted molar refractivity (Wildman–Crippen MR) is 170 cm³/mol. The third kappa shape index (κ3) is 5.23. The summed E-state index contributed by atoms with van der Waals surface area (Å²) >= 11 is 0. The molecule has 1 saturated heterocycles. The van der Waals surface area contributed by atoms with Gasteiger partial charge in [-0.2, -0.15) is 0 Å². The van der Waals surface area contributed by atoms with Crippen LogP contribution in [-0.2, 0) is 9.47 Å². The van der Waals surface area contributed by atoms with Crippen LogP contribution in [0.15, 0.2) is 23.3 Å². The van der Waals surface area contributed by atoms with E-state index < -0.39 is 77.5 Å². The monoisotopic (exact) mass is 636 g/mol. The van der Waals surface area contributed by atoms with Crippen LogP contribution in [0.5, 0.6) is 0 Å². The quantitative estimate of drug-likeness (QED) is 0.208. The molecule has 4 fully saturated rings. The van der Waals surface area contributed by atoms with Gasteiger partial charge in [-0.25, -0.2) is 0 Å². The Morgan fingerprint density at radius 2 is 1.64 bits per heavy atom. The Kier molecular flexibility index (Phi) is 9.38. The van der Waals surface area contributed by atoms with Crippen molar-refractivity contribution in [2.24, 2.45) is 39.4 Å². The van der Waals surface area contributed by atoms with Crippen LogP contribution in [0.1, 0.15) is 100 Å². The number of fused-ring (bicyclic) bond motifs is 5. The highest BCUT2D eigenvalue weighted by Crippen LogP contribution is 2.74. The molecular formula is C36H60O9. The summed E-state index contributed by atoms with van der Waals surface area (Å²) in [6.45, 7) is 16.4. The van der Waals surface area contributed by atoms with Gasteiger partial charge in [0, 0.05) is 10.8 Å². The molecule has 15 atom stereocenters.